The second-order valence-corrected chi connectivity index (χ2v) is 6.92. The van der Waals surface area contributed by atoms with E-state index in [9.17, 15) is 23.1 Å². The normalized spacial score (nSPS) is 27.8. The van der Waals surface area contributed by atoms with Gasteiger partial charge in [0.2, 0.25) is 0 Å². The van der Waals surface area contributed by atoms with Gasteiger partial charge in [0.05, 0.1) is 13.0 Å². The lowest BCUT2D eigenvalue weighted by molar-refractivity contribution is -0.318. The Labute approximate surface area is 154 Å². The van der Waals surface area contributed by atoms with Crippen LogP contribution in [0.4, 0.5) is 13.2 Å². The van der Waals surface area contributed by atoms with E-state index in [0.717, 1.165) is 0 Å². The number of fused-ring (bicyclic) bond motifs is 1. The van der Waals surface area contributed by atoms with Gasteiger partial charge in [0, 0.05) is 5.71 Å². The summed E-state index contributed by atoms with van der Waals surface area (Å²) in [7, 11) is 1.49. The average molecular weight is 386 g/mol. The fourth-order valence-electron chi connectivity index (χ4n) is 3.54. The maximum absolute atomic E-state index is 13.7. The summed E-state index contributed by atoms with van der Waals surface area (Å²) in [5, 5.41) is 14.5. The Morgan fingerprint density at radius 1 is 1.33 bits per heavy atom. The lowest BCUT2D eigenvalue weighted by Crippen LogP contribution is -2.62. The van der Waals surface area contributed by atoms with E-state index < -0.39 is 30.3 Å². The fraction of sp³-hybridized carbons (Fsp3) is 0.556. The molecule has 1 aromatic rings. The van der Waals surface area contributed by atoms with E-state index in [1.807, 2.05) is 6.92 Å². The molecule has 0 radical (unpaired) electrons. The third-order valence-corrected chi connectivity index (χ3v) is 5.05. The van der Waals surface area contributed by atoms with Crippen molar-refractivity contribution in [3.05, 3.63) is 24.3 Å². The molecular formula is C18H21F3N2O4. The fourth-order valence-corrected chi connectivity index (χ4v) is 3.54. The number of carbonyl (C=O) groups is 1. The van der Waals surface area contributed by atoms with Crippen LogP contribution >= 0.6 is 0 Å². The molecule has 1 heterocycles. The van der Waals surface area contributed by atoms with Crippen LogP contribution in [0.1, 0.15) is 26.2 Å². The highest BCUT2D eigenvalue weighted by molar-refractivity contribution is 5.93. The van der Waals surface area contributed by atoms with E-state index in [2.05, 4.69) is 5.10 Å². The van der Waals surface area contributed by atoms with Gasteiger partial charge in [-0.2, -0.15) is 23.3 Å². The molecular weight excluding hydrogens is 365 g/mol. The molecule has 3 rings (SSSR count). The largest absolute Gasteiger partial charge is 0.497 e. The number of alkyl halides is 3. The van der Waals surface area contributed by atoms with Crippen LogP contribution in [0.2, 0.25) is 0 Å². The molecule has 0 unspecified atom stereocenters. The van der Waals surface area contributed by atoms with Gasteiger partial charge in [-0.05, 0) is 49.4 Å². The minimum atomic E-state index is -5.03. The molecule has 1 saturated carbocycles. The lowest BCUT2D eigenvalue weighted by atomic mass is 9.76. The van der Waals surface area contributed by atoms with Crippen LogP contribution in [0.3, 0.4) is 0 Å². The number of aliphatic hydroxyl groups is 1. The van der Waals surface area contributed by atoms with Crippen molar-refractivity contribution in [1.82, 2.24) is 5.01 Å². The maximum Gasteiger partial charge on any atom is 0.439 e. The molecule has 1 fully saturated rings. The summed E-state index contributed by atoms with van der Waals surface area (Å²) in [5.74, 6) is -1.43. The zero-order valence-corrected chi connectivity index (χ0v) is 15.0. The molecule has 0 saturated heterocycles. The second-order valence-electron chi connectivity index (χ2n) is 6.92. The standard InChI is InChI=1S/C18H21F3N2O4/c1-11-3-8-15-14(9-11)17(25,18(19,20)21)23(22-15)16(24)10-27-13-6-4-12(26-2)5-7-13/h4-7,11,14,25H,3,8-10H2,1-2H3/t11-,14-,17-/m0/s1. The molecule has 0 aromatic heterocycles. The Kier molecular flexibility index (Phi) is 5.07. The van der Waals surface area contributed by atoms with Crippen molar-refractivity contribution in [2.45, 2.75) is 38.1 Å². The van der Waals surface area contributed by atoms with Crippen molar-refractivity contribution in [1.29, 1.82) is 0 Å². The minimum absolute atomic E-state index is 0.00780. The van der Waals surface area contributed by atoms with Gasteiger partial charge in [-0.3, -0.25) is 4.79 Å². The summed E-state index contributed by atoms with van der Waals surface area (Å²) in [4.78, 5) is 12.4. The van der Waals surface area contributed by atoms with Gasteiger partial charge in [-0.1, -0.05) is 6.92 Å². The summed E-state index contributed by atoms with van der Waals surface area (Å²) >= 11 is 0. The van der Waals surface area contributed by atoms with Crippen LogP contribution in [-0.2, 0) is 4.79 Å². The lowest BCUT2D eigenvalue weighted by Gasteiger charge is -2.39. The van der Waals surface area contributed by atoms with Gasteiger partial charge in [-0.15, -0.1) is 0 Å². The summed E-state index contributed by atoms with van der Waals surface area (Å²) < 4.78 is 51.4. The number of amides is 1. The highest BCUT2D eigenvalue weighted by atomic mass is 19.4. The van der Waals surface area contributed by atoms with Crippen LogP contribution in [-0.4, -0.2) is 47.4 Å². The quantitative estimate of drug-likeness (QED) is 0.864. The van der Waals surface area contributed by atoms with Crippen LogP contribution in [0, 0.1) is 11.8 Å². The van der Waals surface area contributed by atoms with Crippen molar-refractivity contribution in [3.8, 4) is 11.5 Å². The number of carbonyl (C=O) groups excluding carboxylic acids is 1. The maximum atomic E-state index is 13.7. The molecule has 148 valence electrons. The molecule has 27 heavy (non-hydrogen) atoms. The zero-order chi connectivity index (χ0) is 19.8. The van der Waals surface area contributed by atoms with Gasteiger partial charge < -0.3 is 14.6 Å². The molecule has 2 aliphatic rings. The van der Waals surface area contributed by atoms with E-state index in [-0.39, 0.29) is 28.8 Å². The van der Waals surface area contributed by atoms with E-state index in [1.165, 1.54) is 19.2 Å². The minimum Gasteiger partial charge on any atom is -0.497 e. The first-order valence-electron chi connectivity index (χ1n) is 8.63. The topological polar surface area (TPSA) is 71.4 Å². The summed E-state index contributed by atoms with van der Waals surface area (Å²) in [6, 6.07) is 6.24. The first-order chi connectivity index (χ1) is 12.7. The third-order valence-electron chi connectivity index (χ3n) is 5.05. The van der Waals surface area contributed by atoms with E-state index in [1.54, 1.807) is 12.1 Å². The molecule has 9 heteroatoms. The van der Waals surface area contributed by atoms with E-state index in [4.69, 9.17) is 9.47 Å². The van der Waals surface area contributed by atoms with Crippen molar-refractivity contribution >= 4 is 11.6 Å². The molecule has 6 nitrogen and oxygen atoms in total. The number of halogens is 3. The average Bonchev–Trinajstić information content (AvgIpc) is 2.94. The number of hydrazone groups is 1. The third kappa shape index (κ3) is 3.47. The Morgan fingerprint density at radius 3 is 2.56 bits per heavy atom. The summed E-state index contributed by atoms with van der Waals surface area (Å²) in [5.41, 5.74) is -3.12. The van der Waals surface area contributed by atoms with Gasteiger partial charge in [0.1, 0.15) is 11.5 Å². The number of methoxy groups -OCH3 is 1. The van der Waals surface area contributed by atoms with Gasteiger partial charge in [0.25, 0.3) is 11.6 Å². The van der Waals surface area contributed by atoms with Crippen molar-refractivity contribution in [2.75, 3.05) is 13.7 Å². The molecule has 3 atom stereocenters. The number of hydrogen-bond donors (Lipinski definition) is 1. The highest BCUT2D eigenvalue weighted by Crippen LogP contribution is 2.49. The van der Waals surface area contributed by atoms with Crippen molar-refractivity contribution < 1.29 is 32.5 Å². The molecule has 1 amide bonds. The molecule has 1 aromatic carbocycles. The van der Waals surface area contributed by atoms with Crippen LogP contribution < -0.4 is 9.47 Å². The van der Waals surface area contributed by atoms with Crippen molar-refractivity contribution in [3.63, 3.8) is 0 Å². The number of rotatable bonds is 4. The highest BCUT2D eigenvalue weighted by Gasteiger charge is 2.68. The monoisotopic (exact) mass is 386 g/mol. The number of nitrogens with zero attached hydrogens (tertiary/aromatic N) is 2. The number of ether oxygens (including phenoxy) is 2. The summed E-state index contributed by atoms with van der Waals surface area (Å²) in [6.07, 6.45) is -3.91. The Morgan fingerprint density at radius 2 is 1.96 bits per heavy atom. The smallest absolute Gasteiger partial charge is 0.439 e. The summed E-state index contributed by atoms with van der Waals surface area (Å²) in [6.45, 7) is 1.15. The first-order valence-corrected chi connectivity index (χ1v) is 8.63. The molecule has 1 aliphatic heterocycles. The Hall–Kier alpha value is -2.29. The van der Waals surface area contributed by atoms with Gasteiger partial charge in [-0.25, -0.2) is 0 Å². The van der Waals surface area contributed by atoms with Crippen LogP contribution in [0.25, 0.3) is 0 Å². The van der Waals surface area contributed by atoms with Gasteiger partial charge in [0.15, 0.2) is 6.61 Å². The molecule has 1 N–H and O–H groups in total. The van der Waals surface area contributed by atoms with Gasteiger partial charge >= 0.3 is 6.18 Å². The molecule has 0 bridgehead atoms. The zero-order valence-electron chi connectivity index (χ0n) is 15.0. The van der Waals surface area contributed by atoms with Crippen LogP contribution in [0.15, 0.2) is 29.4 Å². The molecule has 0 spiro atoms. The molecule has 1 aliphatic carbocycles. The Bertz CT molecular complexity index is 735. The van der Waals surface area contributed by atoms with Crippen molar-refractivity contribution in [2.24, 2.45) is 16.9 Å². The first kappa shape index (κ1) is 19.5. The second kappa shape index (κ2) is 7.03. The van der Waals surface area contributed by atoms with E-state index >= 15 is 0 Å². The van der Waals surface area contributed by atoms with E-state index in [0.29, 0.717) is 18.6 Å². The Balaban J connectivity index is 1.78. The number of benzene rings is 1. The number of hydrogen-bond acceptors (Lipinski definition) is 5. The predicted octanol–water partition coefficient (Wildman–Crippen LogP) is 2.96. The SMILES string of the molecule is COc1ccc(OCC(=O)N2N=C3CC[C@H](C)C[C@@H]3[C@]2(O)C(F)(F)F)cc1. The van der Waals surface area contributed by atoms with Crippen LogP contribution in [0.5, 0.6) is 11.5 Å². The predicted molar refractivity (Wildman–Crippen MR) is 90.3 cm³/mol.